The van der Waals surface area contributed by atoms with Gasteiger partial charge in [0, 0.05) is 25.0 Å². The third-order valence-electron chi connectivity index (χ3n) is 6.23. The monoisotopic (exact) mass is 512 g/mol. The van der Waals surface area contributed by atoms with Crippen LogP contribution in [0, 0.1) is 0 Å². The van der Waals surface area contributed by atoms with Crippen molar-refractivity contribution in [2.24, 2.45) is 0 Å². The lowest BCUT2D eigenvalue weighted by Crippen LogP contribution is -2.33. The van der Waals surface area contributed by atoms with Crippen LogP contribution in [0.5, 0.6) is 5.75 Å². The third kappa shape index (κ3) is 4.41. The number of rotatable bonds is 7. The summed E-state index contributed by atoms with van der Waals surface area (Å²) in [5.41, 5.74) is 7.04. The van der Waals surface area contributed by atoms with Crippen molar-refractivity contribution in [3.8, 4) is 17.3 Å². The highest BCUT2D eigenvalue weighted by Crippen LogP contribution is 2.44. The number of imidazole rings is 1. The van der Waals surface area contributed by atoms with Crippen molar-refractivity contribution in [3.05, 3.63) is 53.9 Å². The topological polar surface area (TPSA) is 133 Å². The predicted octanol–water partition coefficient (Wildman–Crippen LogP) is 3.71. The first kappa shape index (κ1) is 24.4. The van der Waals surface area contributed by atoms with E-state index < -0.39 is 18.0 Å². The minimum atomic E-state index is -4.26. The Hall–Kier alpha value is -4.29. The van der Waals surface area contributed by atoms with Crippen molar-refractivity contribution in [1.82, 2.24) is 29.3 Å². The van der Waals surface area contributed by atoms with Gasteiger partial charge in [-0.1, -0.05) is 0 Å². The molecule has 0 saturated carbocycles. The number of amides is 1. The normalized spacial score (nSPS) is 17.2. The molecular weight excluding hydrogens is 489 g/mol. The van der Waals surface area contributed by atoms with E-state index in [1.54, 1.807) is 35.9 Å². The van der Waals surface area contributed by atoms with E-state index >= 15 is 0 Å². The number of pyridine rings is 1. The van der Waals surface area contributed by atoms with E-state index in [9.17, 15) is 18.0 Å². The Morgan fingerprint density at radius 3 is 2.70 bits per heavy atom. The predicted molar refractivity (Wildman–Crippen MR) is 128 cm³/mol. The quantitative estimate of drug-likeness (QED) is 0.383. The number of carbonyl (C=O) groups excluding carboxylic acids is 1. The van der Waals surface area contributed by atoms with Crippen molar-refractivity contribution >= 4 is 23.2 Å². The number of nitrogens with two attached hydrogens (primary N) is 1. The molecule has 3 N–H and O–H groups in total. The number of halogens is 3. The average Bonchev–Trinajstić information content (AvgIpc) is 3.42. The van der Waals surface area contributed by atoms with E-state index in [1.807, 2.05) is 6.92 Å². The maximum atomic E-state index is 13.1. The summed E-state index contributed by atoms with van der Waals surface area (Å²) < 4.78 is 45.1. The molecule has 0 radical (unpaired) electrons. The zero-order valence-corrected chi connectivity index (χ0v) is 20.0. The van der Waals surface area contributed by atoms with Gasteiger partial charge in [0.1, 0.15) is 28.5 Å². The first-order valence-corrected chi connectivity index (χ1v) is 11.6. The Morgan fingerprint density at radius 1 is 1.19 bits per heavy atom. The van der Waals surface area contributed by atoms with Crippen molar-refractivity contribution < 1.29 is 22.7 Å². The number of ether oxygens (including phenoxy) is 1. The zero-order valence-electron chi connectivity index (χ0n) is 20.0. The van der Waals surface area contributed by atoms with Gasteiger partial charge in [0.05, 0.1) is 29.8 Å². The SMILES string of the molecule is CCOc1ccc(C2(C)C(=O)Nc3nc(-c4cn5ccnc5c(CCCC(F)(F)F)n4)nc(N)c32)nc1. The van der Waals surface area contributed by atoms with Crippen molar-refractivity contribution in [1.29, 1.82) is 0 Å². The number of alkyl halides is 3. The number of fused-ring (bicyclic) bond motifs is 2. The number of aromatic nitrogens is 6. The van der Waals surface area contributed by atoms with Gasteiger partial charge >= 0.3 is 6.18 Å². The highest BCUT2D eigenvalue weighted by Gasteiger charge is 2.48. The molecule has 0 bridgehead atoms. The summed E-state index contributed by atoms with van der Waals surface area (Å²) in [5, 5.41) is 2.76. The molecule has 1 aliphatic rings. The summed E-state index contributed by atoms with van der Waals surface area (Å²) >= 11 is 0. The van der Waals surface area contributed by atoms with Gasteiger partial charge in [-0.2, -0.15) is 13.2 Å². The van der Waals surface area contributed by atoms with Crippen LogP contribution in [0.25, 0.3) is 17.2 Å². The average molecular weight is 512 g/mol. The van der Waals surface area contributed by atoms with Gasteiger partial charge in [0.15, 0.2) is 11.5 Å². The van der Waals surface area contributed by atoms with Crippen molar-refractivity contribution in [2.45, 2.75) is 44.7 Å². The molecule has 0 spiro atoms. The van der Waals surface area contributed by atoms with Gasteiger partial charge < -0.3 is 20.2 Å². The van der Waals surface area contributed by atoms with E-state index in [0.29, 0.717) is 35.0 Å². The molecule has 1 atom stereocenters. The smallest absolute Gasteiger partial charge is 0.389 e. The van der Waals surface area contributed by atoms with Crippen LogP contribution in [0.2, 0.25) is 0 Å². The number of nitrogens with one attached hydrogen (secondary N) is 1. The Balaban J connectivity index is 1.53. The molecule has 10 nitrogen and oxygen atoms in total. The number of anilines is 2. The highest BCUT2D eigenvalue weighted by molar-refractivity contribution is 6.08. The molecule has 1 unspecified atom stereocenters. The molecule has 0 fully saturated rings. The Morgan fingerprint density at radius 2 is 2.00 bits per heavy atom. The number of nitrogens with zero attached hydrogens (tertiary/aromatic N) is 6. The summed E-state index contributed by atoms with van der Waals surface area (Å²) in [6.07, 6.45) is 1.06. The molecule has 1 amide bonds. The maximum Gasteiger partial charge on any atom is 0.389 e. The minimum absolute atomic E-state index is 0.0580. The van der Waals surface area contributed by atoms with Crippen LogP contribution in [0.1, 0.15) is 43.6 Å². The Kier molecular flexibility index (Phi) is 5.92. The van der Waals surface area contributed by atoms with Crippen LogP contribution in [0.15, 0.2) is 36.9 Å². The van der Waals surface area contributed by atoms with Gasteiger partial charge in [-0.15, -0.1) is 0 Å². The lowest BCUT2D eigenvalue weighted by atomic mass is 9.81. The van der Waals surface area contributed by atoms with Crippen LogP contribution in [-0.2, 0) is 16.6 Å². The second-order valence-electron chi connectivity index (χ2n) is 8.75. The molecule has 0 aliphatic carbocycles. The number of hydrogen-bond donors (Lipinski definition) is 2. The van der Waals surface area contributed by atoms with Gasteiger partial charge in [0.25, 0.3) is 0 Å². The molecule has 192 valence electrons. The van der Waals surface area contributed by atoms with E-state index in [-0.39, 0.29) is 41.9 Å². The first-order valence-electron chi connectivity index (χ1n) is 11.6. The fourth-order valence-electron chi connectivity index (χ4n) is 4.42. The van der Waals surface area contributed by atoms with Gasteiger partial charge in [0.2, 0.25) is 5.91 Å². The molecule has 1 aliphatic heterocycles. The molecule has 5 rings (SSSR count). The van der Waals surface area contributed by atoms with E-state index in [1.165, 1.54) is 12.4 Å². The molecular formula is C24H23F3N8O2. The van der Waals surface area contributed by atoms with E-state index in [4.69, 9.17) is 10.5 Å². The summed E-state index contributed by atoms with van der Waals surface area (Å²) in [7, 11) is 0. The second kappa shape index (κ2) is 8.98. The van der Waals surface area contributed by atoms with E-state index in [2.05, 4.69) is 30.2 Å². The largest absolute Gasteiger partial charge is 0.492 e. The Bertz CT molecular complexity index is 1490. The maximum absolute atomic E-state index is 13.1. The number of hydrogen-bond acceptors (Lipinski definition) is 8. The van der Waals surface area contributed by atoms with Gasteiger partial charge in [-0.25, -0.2) is 19.9 Å². The number of aryl methyl sites for hydroxylation is 1. The van der Waals surface area contributed by atoms with Crippen LogP contribution in [0.3, 0.4) is 0 Å². The lowest BCUT2D eigenvalue weighted by Gasteiger charge is -2.22. The Labute approximate surface area is 209 Å². The molecule has 4 aromatic rings. The summed E-state index contributed by atoms with van der Waals surface area (Å²) in [6, 6.07) is 3.41. The number of carbonyl (C=O) groups is 1. The standard InChI is InChI=1S/C24H23F3N8O2/c1-3-37-13-6-7-16(30-11-13)23(2)17-18(28)32-19(33-20(17)34-22(23)36)15-12-35-10-9-29-21(35)14(31-15)5-4-8-24(25,26)27/h6-7,9-12H,3-5,8H2,1-2H3,(H3,28,32,33,34,36). The van der Waals surface area contributed by atoms with Crippen LogP contribution < -0.4 is 15.8 Å². The van der Waals surface area contributed by atoms with Gasteiger partial charge in [-0.05, 0) is 38.8 Å². The molecule has 0 saturated heterocycles. The highest BCUT2D eigenvalue weighted by atomic mass is 19.4. The fourth-order valence-corrected chi connectivity index (χ4v) is 4.42. The van der Waals surface area contributed by atoms with Crippen molar-refractivity contribution in [2.75, 3.05) is 17.7 Å². The van der Waals surface area contributed by atoms with Crippen LogP contribution in [-0.4, -0.2) is 48.0 Å². The molecule has 37 heavy (non-hydrogen) atoms. The van der Waals surface area contributed by atoms with E-state index in [0.717, 1.165) is 0 Å². The van der Waals surface area contributed by atoms with Crippen LogP contribution in [0.4, 0.5) is 24.8 Å². The lowest BCUT2D eigenvalue weighted by molar-refractivity contribution is -0.135. The van der Waals surface area contributed by atoms with Crippen LogP contribution >= 0.6 is 0 Å². The second-order valence-corrected chi connectivity index (χ2v) is 8.75. The first-order chi connectivity index (χ1) is 17.6. The summed E-state index contributed by atoms with van der Waals surface area (Å²) in [6.45, 7) is 4.02. The molecule has 5 heterocycles. The zero-order chi connectivity index (χ0) is 26.4. The number of nitrogen functional groups attached to an aromatic ring is 1. The molecule has 13 heteroatoms. The minimum Gasteiger partial charge on any atom is -0.492 e. The molecule has 4 aromatic heterocycles. The fraction of sp³-hybridized carbons (Fsp3) is 0.333. The third-order valence-corrected chi connectivity index (χ3v) is 6.23. The van der Waals surface area contributed by atoms with Gasteiger partial charge in [-0.3, -0.25) is 9.78 Å². The summed E-state index contributed by atoms with van der Waals surface area (Å²) in [4.78, 5) is 35.2. The van der Waals surface area contributed by atoms with Crippen molar-refractivity contribution in [3.63, 3.8) is 0 Å². The molecule has 0 aromatic carbocycles. The summed E-state index contributed by atoms with van der Waals surface area (Å²) in [5.74, 6) is 0.593.